The maximum absolute atomic E-state index is 13.4. The van der Waals surface area contributed by atoms with Crippen molar-refractivity contribution in [2.75, 3.05) is 0 Å². The minimum Gasteiger partial charge on any atom is -0.329 e. The third kappa shape index (κ3) is 2.67. The number of aromatic nitrogens is 2. The van der Waals surface area contributed by atoms with Crippen LogP contribution in [-0.2, 0) is 6.42 Å². The second-order valence-corrected chi connectivity index (χ2v) is 8.56. The van der Waals surface area contributed by atoms with Gasteiger partial charge in [-0.2, -0.15) is 5.10 Å². The first kappa shape index (κ1) is 16.9. The summed E-state index contributed by atoms with van der Waals surface area (Å²) in [6.07, 6.45) is 7.13. The van der Waals surface area contributed by atoms with E-state index in [-0.39, 0.29) is 23.4 Å². The molecule has 1 N–H and O–H groups in total. The number of benzene rings is 1. The van der Waals surface area contributed by atoms with Crippen LogP contribution in [0.2, 0.25) is 0 Å². The van der Waals surface area contributed by atoms with Crippen molar-refractivity contribution >= 4 is 5.91 Å². The van der Waals surface area contributed by atoms with Crippen molar-refractivity contribution < 1.29 is 4.79 Å². The second-order valence-electron chi connectivity index (χ2n) is 8.56. The van der Waals surface area contributed by atoms with Crippen molar-refractivity contribution in [1.29, 1.82) is 0 Å². The molecule has 2 aromatic rings. The van der Waals surface area contributed by atoms with E-state index < -0.39 is 0 Å². The van der Waals surface area contributed by atoms with E-state index in [1.807, 2.05) is 0 Å². The Kier molecular flexibility index (Phi) is 4.01. The van der Waals surface area contributed by atoms with E-state index in [0.717, 1.165) is 19.3 Å². The first-order chi connectivity index (χ1) is 13.2. The van der Waals surface area contributed by atoms with Crippen LogP contribution in [-0.4, -0.2) is 45.2 Å². The predicted octanol–water partition coefficient (Wildman–Crippen LogP) is 2.83. The highest BCUT2D eigenvalue weighted by molar-refractivity contribution is 5.93. The predicted molar refractivity (Wildman–Crippen MR) is 103 cm³/mol. The molecular formula is C22H26N4O. The van der Waals surface area contributed by atoms with Gasteiger partial charge in [0, 0.05) is 35.8 Å². The SMILES string of the molecule is C[C@@]12C[C@H]3[C@@H](Cc4ccccc4)N[C@@H]1CCC[C@@H]2N3C(=O)c1cccnn1. The van der Waals surface area contributed by atoms with E-state index in [9.17, 15) is 4.79 Å². The molecule has 1 saturated carbocycles. The number of hydrogen-bond acceptors (Lipinski definition) is 4. The largest absolute Gasteiger partial charge is 0.329 e. The molecule has 5 atom stereocenters. The van der Waals surface area contributed by atoms with E-state index in [4.69, 9.17) is 0 Å². The molecule has 2 aliphatic heterocycles. The molecule has 5 nitrogen and oxygen atoms in total. The Hall–Kier alpha value is -2.27. The zero-order valence-electron chi connectivity index (χ0n) is 15.7. The Labute approximate surface area is 160 Å². The maximum Gasteiger partial charge on any atom is 0.274 e. The Morgan fingerprint density at radius 1 is 1.22 bits per heavy atom. The highest BCUT2D eigenvalue weighted by atomic mass is 16.2. The molecule has 5 rings (SSSR count). The number of piperidine rings is 1. The molecule has 2 saturated heterocycles. The third-order valence-electron chi connectivity index (χ3n) is 7.07. The van der Waals surface area contributed by atoms with E-state index >= 15 is 0 Å². The zero-order valence-corrected chi connectivity index (χ0v) is 15.7. The summed E-state index contributed by atoms with van der Waals surface area (Å²) in [6, 6.07) is 15.5. The van der Waals surface area contributed by atoms with Gasteiger partial charge >= 0.3 is 0 Å². The average molecular weight is 362 g/mol. The summed E-state index contributed by atoms with van der Waals surface area (Å²) in [5.41, 5.74) is 1.95. The molecule has 0 radical (unpaired) electrons. The van der Waals surface area contributed by atoms with Crippen LogP contribution < -0.4 is 5.32 Å². The zero-order chi connectivity index (χ0) is 18.4. The first-order valence-electron chi connectivity index (χ1n) is 10.1. The van der Waals surface area contributed by atoms with Crippen LogP contribution in [0.5, 0.6) is 0 Å². The second kappa shape index (κ2) is 6.41. The van der Waals surface area contributed by atoms with Gasteiger partial charge in [-0.1, -0.05) is 37.3 Å². The van der Waals surface area contributed by atoms with Crippen molar-refractivity contribution in [3.05, 3.63) is 59.9 Å². The summed E-state index contributed by atoms with van der Waals surface area (Å²) in [5.74, 6) is 0.0456. The van der Waals surface area contributed by atoms with E-state index in [1.165, 1.54) is 18.4 Å². The molecule has 3 fully saturated rings. The van der Waals surface area contributed by atoms with Gasteiger partial charge in [-0.3, -0.25) is 4.79 Å². The molecular weight excluding hydrogens is 336 g/mol. The quantitative estimate of drug-likeness (QED) is 0.912. The van der Waals surface area contributed by atoms with Crippen molar-refractivity contribution in [3.63, 3.8) is 0 Å². The fourth-order valence-corrected chi connectivity index (χ4v) is 5.80. The van der Waals surface area contributed by atoms with Gasteiger partial charge < -0.3 is 10.2 Å². The van der Waals surface area contributed by atoms with Crippen LogP contribution in [0, 0.1) is 5.41 Å². The number of fused-ring (bicyclic) bond motifs is 1. The van der Waals surface area contributed by atoms with Gasteiger partial charge in [0.25, 0.3) is 5.91 Å². The number of carbonyl (C=O) groups is 1. The summed E-state index contributed by atoms with van der Waals surface area (Å²) in [5, 5.41) is 12.0. The number of nitrogens with one attached hydrogen (secondary N) is 1. The number of amides is 1. The van der Waals surface area contributed by atoms with Crippen molar-refractivity contribution in [2.24, 2.45) is 5.41 Å². The van der Waals surface area contributed by atoms with Gasteiger partial charge in [-0.05, 0) is 49.8 Å². The van der Waals surface area contributed by atoms with Crippen LogP contribution in [0.25, 0.3) is 0 Å². The molecule has 5 heteroatoms. The molecule has 1 aliphatic carbocycles. The number of rotatable bonds is 3. The lowest BCUT2D eigenvalue weighted by molar-refractivity contribution is 0.0552. The van der Waals surface area contributed by atoms with E-state index in [0.29, 0.717) is 17.8 Å². The van der Waals surface area contributed by atoms with E-state index in [2.05, 4.69) is 57.7 Å². The summed E-state index contributed by atoms with van der Waals surface area (Å²) in [4.78, 5) is 15.6. The lowest BCUT2D eigenvalue weighted by Gasteiger charge is -2.46. The van der Waals surface area contributed by atoms with Gasteiger partial charge in [-0.15, -0.1) is 5.10 Å². The van der Waals surface area contributed by atoms with Crippen LogP contribution in [0.15, 0.2) is 48.7 Å². The summed E-state index contributed by atoms with van der Waals surface area (Å²) >= 11 is 0. The van der Waals surface area contributed by atoms with Crippen molar-refractivity contribution in [2.45, 2.75) is 63.2 Å². The van der Waals surface area contributed by atoms with Gasteiger partial charge in [0.05, 0.1) is 0 Å². The number of nitrogens with zero attached hydrogens (tertiary/aromatic N) is 3. The molecule has 0 unspecified atom stereocenters. The van der Waals surface area contributed by atoms with Crippen molar-refractivity contribution in [3.8, 4) is 0 Å². The van der Waals surface area contributed by atoms with Gasteiger partial charge in [0.2, 0.25) is 0 Å². The summed E-state index contributed by atoms with van der Waals surface area (Å²) in [7, 11) is 0. The Morgan fingerprint density at radius 3 is 2.85 bits per heavy atom. The first-order valence-corrected chi connectivity index (χ1v) is 10.1. The lowest BCUT2D eigenvalue weighted by Crippen LogP contribution is -2.58. The normalized spacial score (nSPS) is 34.5. The lowest BCUT2D eigenvalue weighted by atomic mass is 9.65. The van der Waals surface area contributed by atoms with Crippen LogP contribution in [0.4, 0.5) is 0 Å². The molecule has 1 aromatic carbocycles. The Balaban J connectivity index is 1.51. The molecule has 3 heterocycles. The fraction of sp³-hybridized carbons (Fsp3) is 0.500. The molecule has 2 bridgehead atoms. The summed E-state index contributed by atoms with van der Waals surface area (Å²) in [6.45, 7) is 2.38. The van der Waals surface area contributed by atoms with Crippen LogP contribution in [0.1, 0.15) is 48.7 Å². The number of likely N-dealkylation sites (tertiary alicyclic amines) is 1. The van der Waals surface area contributed by atoms with Gasteiger partial charge in [-0.25, -0.2) is 0 Å². The molecule has 3 aliphatic rings. The number of carbonyl (C=O) groups excluding carboxylic acids is 1. The van der Waals surface area contributed by atoms with Crippen molar-refractivity contribution in [1.82, 2.24) is 20.4 Å². The standard InChI is InChI=1S/C22H26N4O/c1-22-14-18-17(13-15-7-3-2-4-8-15)24-19(22)10-5-11-20(22)26(18)21(27)16-9-6-12-23-25-16/h2-4,6-9,12,17-20,24H,5,10-11,13-14H2,1H3/t17-,18+,19-,20+,22-/m1/s1. The fourth-order valence-electron chi connectivity index (χ4n) is 5.80. The minimum absolute atomic E-state index is 0.0456. The topological polar surface area (TPSA) is 58.1 Å². The molecule has 1 amide bonds. The van der Waals surface area contributed by atoms with Gasteiger partial charge in [0.1, 0.15) is 0 Å². The molecule has 1 aromatic heterocycles. The highest BCUT2D eigenvalue weighted by Gasteiger charge is 2.61. The monoisotopic (exact) mass is 362 g/mol. The molecule has 27 heavy (non-hydrogen) atoms. The average Bonchev–Trinajstić information content (AvgIpc) is 3.01. The summed E-state index contributed by atoms with van der Waals surface area (Å²) < 4.78 is 0. The maximum atomic E-state index is 13.4. The molecule has 0 spiro atoms. The van der Waals surface area contributed by atoms with Gasteiger partial charge in [0.15, 0.2) is 5.69 Å². The smallest absolute Gasteiger partial charge is 0.274 e. The third-order valence-corrected chi connectivity index (χ3v) is 7.07. The van der Waals surface area contributed by atoms with E-state index in [1.54, 1.807) is 18.3 Å². The Bertz CT molecular complexity index is 827. The molecule has 140 valence electrons. The number of hydrogen-bond donors (Lipinski definition) is 1. The van der Waals surface area contributed by atoms with Crippen LogP contribution >= 0.6 is 0 Å². The minimum atomic E-state index is 0.0456. The van der Waals surface area contributed by atoms with Crippen LogP contribution in [0.3, 0.4) is 0 Å². The highest BCUT2D eigenvalue weighted by Crippen LogP contribution is 2.53. The Morgan fingerprint density at radius 2 is 2.07 bits per heavy atom.